The number of carbonyl (C=O) groups excluding carboxylic acids is 1. The zero-order valence-electron chi connectivity index (χ0n) is 16.6. The molecule has 2 aliphatic heterocycles. The molecule has 0 saturated heterocycles. The topological polar surface area (TPSA) is 113 Å². The van der Waals surface area contributed by atoms with E-state index in [1.165, 1.54) is 0 Å². The number of benzene rings is 2. The van der Waals surface area contributed by atoms with E-state index in [2.05, 4.69) is 0 Å². The van der Waals surface area contributed by atoms with E-state index in [0.29, 0.717) is 50.1 Å². The Kier molecular flexibility index (Phi) is 10.4. The van der Waals surface area contributed by atoms with Crippen LogP contribution in [0.5, 0.6) is 23.0 Å². The summed E-state index contributed by atoms with van der Waals surface area (Å²) in [5.41, 5.74) is 1.33. The van der Waals surface area contributed by atoms with Gasteiger partial charge in [0.25, 0.3) is 0 Å². The largest absolute Gasteiger partial charge is 1.00 e. The van der Waals surface area contributed by atoms with Crippen LogP contribution in [-0.4, -0.2) is 49.6 Å². The number of carbonyl (C=O) groups is 1. The summed E-state index contributed by atoms with van der Waals surface area (Å²) in [6, 6.07) is 10.5. The normalized spacial score (nSPS) is 12.9. The minimum Gasteiger partial charge on any atom is -0.870 e. The van der Waals surface area contributed by atoms with Crippen LogP contribution >= 0.6 is 0 Å². The molecule has 0 saturated carbocycles. The average Bonchev–Trinajstić information content (AvgIpc) is 2.73. The third-order valence-electron chi connectivity index (χ3n) is 3.84. The van der Waals surface area contributed by atoms with Crippen LogP contribution in [0.1, 0.15) is 22.8 Å². The van der Waals surface area contributed by atoms with Crippen molar-refractivity contribution in [1.29, 1.82) is 0 Å². The first-order valence-corrected chi connectivity index (χ1v) is 8.77. The molecule has 0 spiro atoms. The molecule has 0 aromatic heterocycles. The zero-order valence-corrected chi connectivity index (χ0v) is 16.6. The summed E-state index contributed by atoms with van der Waals surface area (Å²) in [5.74, 6) is 2.43. The van der Waals surface area contributed by atoms with Crippen molar-refractivity contribution in [3.8, 4) is 23.0 Å². The summed E-state index contributed by atoms with van der Waals surface area (Å²) in [7, 11) is 0. The number of hydrogen-bond acceptors (Lipinski definition) is 8. The van der Waals surface area contributed by atoms with Gasteiger partial charge >= 0.3 is 24.8 Å². The van der Waals surface area contributed by atoms with Gasteiger partial charge in [-0.2, -0.15) is 0 Å². The Balaban J connectivity index is 0.000000277. The van der Waals surface area contributed by atoms with Crippen LogP contribution in [0.15, 0.2) is 36.4 Å². The Hall–Kier alpha value is -2.37. The summed E-state index contributed by atoms with van der Waals surface area (Å²) >= 11 is 0. The van der Waals surface area contributed by atoms with Gasteiger partial charge < -0.3 is 34.3 Å². The molecule has 152 valence electrons. The minimum absolute atomic E-state index is 0. The van der Waals surface area contributed by atoms with Crippen LogP contribution in [0.2, 0.25) is 0 Å². The number of aliphatic hydroxyl groups is 1. The van der Waals surface area contributed by atoms with Crippen molar-refractivity contribution in [2.75, 3.05) is 33.0 Å². The van der Waals surface area contributed by atoms with E-state index in [4.69, 9.17) is 28.8 Å². The van der Waals surface area contributed by atoms with Gasteiger partial charge in [0, 0.05) is 0 Å². The third-order valence-corrected chi connectivity index (χ3v) is 3.84. The zero-order chi connectivity index (χ0) is 19.1. The second kappa shape index (κ2) is 12.2. The predicted octanol–water partition coefficient (Wildman–Crippen LogP) is -0.588. The van der Waals surface area contributed by atoms with E-state index >= 15 is 0 Å². The minimum atomic E-state index is -0.338. The van der Waals surface area contributed by atoms with Gasteiger partial charge in [-0.1, -0.05) is 6.07 Å². The summed E-state index contributed by atoms with van der Waals surface area (Å²) in [4.78, 5) is 11.4. The molecule has 2 heterocycles. The molecule has 0 unspecified atom stereocenters. The molecular formula is C20H23LiO8. The Labute approximate surface area is 181 Å². The maximum absolute atomic E-state index is 11.4. The maximum atomic E-state index is 11.4. The first kappa shape index (κ1) is 24.7. The van der Waals surface area contributed by atoms with Crippen molar-refractivity contribution in [3.05, 3.63) is 47.5 Å². The van der Waals surface area contributed by atoms with Crippen LogP contribution < -0.4 is 37.8 Å². The summed E-state index contributed by atoms with van der Waals surface area (Å²) < 4.78 is 26.2. The number of esters is 1. The van der Waals surface area contributed by atoms with Gasteiger partial charge in [0.1, 0.15) is 26.4 Å². The first-order chi connectivity index (χ1) is 13.2. The fraction of sp³-hybridized carbons (Fsp3) is 0.350. The van der Waals surface area contributed by atoms with Gasteiger partial charge in [0.05, 0.1) is 18.8 Å². The molecule has 2 aliphatic rings. The molecule has 0 bridgehead atoms. The number of aliphatic hydroxyl groups excluding tert-OH is 1. The molecule has 0 radical (unpaired) electrons. The van der Waals surface area contributed by atoms with E-state index in [9.17, 15) is 4.79 Å². The second-order valence-corrected chi connectivity index (χ2v) is 5.72. The molecule has 29 heavy (non-hydrogen) atoms. The smallest absolute Gasteiger partial charge is 0.870 e. The fourth-order valence-corrected chi connectivity index (χ4v) is 2.57. The van der Waals surface area contributed by atoms with Gasteiger partial charge in [0.15, 0.2) is 23.0 Å². The van der Waals surface area contributed by atoms with Gasteiger partial charge in [-0.15, -0.1) is 0 Å². The SMILES string of the molecule is CCOC(=O)c1ccc2c(c1)OCCO2.OCc1ccc2c(c1)OCCO2.[Li+].[OH-]. The van der Waals surface area contributed by atoms with Gasteiger partial charge in [0.2, 0.25) is 0 Å². The molecule has 0 fully saturated rings. The van der Waals surface area contributed by atoms with Crippen LogP contribution in [-0.2, 0) is 11.3 Å². The van der Waals surface area contributed by atoms with E-state index in [-0.39, 0.29) is 36.9 Å². The molecule has 2 aromatic rings. The number of fused-ring (bicyclic) bond motifs is 2. The van der Waals surface area contributed by atoms with Gasteiger partial charge in [-0.25, -0.2) is 4.79 Å². The number of hydrogen-bond donors (Lipinski definition) is 1. The average molecular weight is 398 g/mol. The van der Waals surface area contributed by atoms with Crippen LogP contribution in [0.25, 0.3) is 0 Å². The Bertz CT molecular complexity index is 796. The molecule has 4 rings (SSSR count). The summed E-state index contributed by atoms with van der Waals surface area (Å²) in [5, 5.41) is 8.84. The van der Waals surface area contributed by atoms with Crippen molar-refractivity contribution in [2.45, 2.75) is 13.5 Å². The second-order valence-electron chi connectivity index (χ2n) is 5.72. The standard InChI is InChI=1S/C11H12O4.C9H10O3.Li.H2O/c1-2-13-11(12)8-3-4-9-10(7-8)15-6-5-14-9;10-6-7-1-2-8-9(5-7)12-4-3-11-8;;/h3-4,7H,2,5-6H2,1H3;1-2,5,10H,3-4,6H2;;1H2/q;;+1;/p-1. The van der Waals surface area contributed by atoms with Gasteiger partial charge in [-0.05, 0) is 42.8 Å². The molecule has 0 aliphatic carbocycles. The molecule has 2 N–H and O–H groups in total. The first-order valence-electron chi connectivity index (χ1n) is 8.77. The monoisotopic (exact) mass is 398 g/mol. The predicted molar refractivity (Wildman–Crippen MR) is 98.7 cm³/mol. The fourth-order valence-electron chi connectivity index (χ4n) is 2.57. The molecular weight excluding hydrogens is 375 g/mol. The van der Waals surface area contributed by atoms with Crippen molar-refractivity contribution >= 4 is 5.97 Å². The molecule has 0 atom stereocenters. The quantitative estimate of drug-likeness (QED) is 0.539. The van der Waals surface area contributed by atoms with E-state index in [0.717, 1.165) is 17.1 Å². The van der Waals surface area contributed by atoms with Crippen molar-refractivity contribution in [2.24, 2.45) is 0 Å². The molecule has 2 aromatic carbocycles. The Morgan fingerprint density at radius 1 is 0.897 bits per heavy atom. The Morgan fingerprint density at radius 3 is 1.97 bits per heavy atom. The number of rotatable bonds is 3. The van der Waals surface area contributed by atoms with E-state index in [1.54, 1.807) is 31.2 Å². The molecule has 9 heteroatoms. The van der Waals surface area contributed by atoms with E-state index < -0.39 is 0 Å². The van der Waals surface area contributed by atoms with Crippen molar-refractivity contribution in [3.63, 3.8) is 0 Å². The number of ether oxygens (including phenoxy) is 5. The summed E-state index contributed by atoms with van der Waals surface area (Å²) in [6.45, 7) is 4.43. The van der Waals surface area contributed by atoms with Crippen molar-refractivity contribution in [1.82, 2.24) is 0 Å². The van der Waals surface area contributed by atoms with Crippen molar-refractivity contribution < 1.29 is 57.9 Å². The Morgan fingerprint density at radius 2 is 1.41 bits per heavy atom. The summed E-state index contributed by atoms with van der Waals surface area (Å²) in [6.07, 6.45) is 0. The maximum Gasteiger partial charge on any atom is 1.00 e. The van der Waals surface area contributed by atoms with Gasteiger partial charge in [-0.3, -0.25) is 0 Å². The molecule has 8 nitrogen and oxygen atoms in total. The molecule has 0 amide bonds. The van der Waals surface area contributed by atoms with Crippen LogP contribution in [0, 0.1) is 0 Å². The van der Waals surface area contributed by atoms with Crippen LogP contribution in [0.3, 0.4) is 0 Å². The van der Waals surface area contributed by atoms with E-state index in [1.807, 2.05) is 12.1 Å². The van der Waals surface area contributed by atoms with Crippen LogP contribution in [0.4, 0.5) is 0 Å². The third kappa shape index (κ3) is 6.58.